The van der Waals surface area contributed by atoms with Gasteiger partial charge < -0.3 is 10.1 Å². The van der Waals surface area contributed by atoms with E-state index >= 15 is 0 Å². The molecule has 0 aliphatic heterocycles. The van der Waals surface area contributed by atoms with Crippen molar-refractivity contribution in [2.75, 3.05) is 5.32 Å². The summed E-state index contributed by atoms with van der Waals surface area (Å²) in [5.41, 5.74) is 1.99. The number of amides is 1. The summed E-state index contributed by atoms with van der Waals surface area (Å²) < 4.78 is 5.10. The molecule has 7 heteroatoms. The predicted molar refractivity (Wildman–Crippen MR) is 106 cm³/mol. The number of halogens is 3. The minimum absolute atomic E-state index is 0.381. The zero-order valence-electron chi connectivity index (χ0n) is 14.1. The van der Waals surface area contributed by atoms with Crippen molar-refractivity contribution < 1.29 is 14.3 Å². The smallest absolute Gasteiger partial charge is 0.331 e. The molecule has 0 saturated carbocycles. The lowest BCUT2D eigenvalue weighted by Crippen LogP contribution is -2.29. The van der Waals surface area contributed by atoms with Gasteiger partial charge in [0.25, 0.3) is 5.91 Å². The second kappa shape index (κ2) is 9.08. The largest absolute Gasteiger partial charge is 0.449 e. The van der Waals surface area contributed by atoms with Crippen molar-refractivity contribution in [1.29, 1.82) is 0 Å². The summed E-state index contributed by atoms with van der Waals surface area (Å²) in [5, 5.41) is 4.03. The summed E-state index contributed by atoms with van der Waals surface area (Å²) in [6.07, 6.45) is 1.77. The van der Waals surface area contributed by atoms with Crippen LogP contribution in [0.1, 0.15) is 18.1 Å². The molecule has 0 saturated heterocycles. The number of nitrogens with one attached hydrogen (secondary N) is 1. The first-order valence-electron chi connectivity index (χ1n) is 7.67. The topological polar surface area (TPSA) is 55.4 Å². The van der Waals surface area contributed by atoms with E-state index in [4.69, 9.17) is 39.5 Å². The summed E-state index contributed by atoms with van der Waals surface area (Å²) >= 11 is 17.8. The zero-order valence-corrected chi connectivity index (χ0v) is 16.3. The van der Waals surface area contributed by atoms with Crippen LogP contribution in [0, 0.1) is 6.92 Å². The Bertz CT molecular complexity index is 865. The Morgan fingerprint density at radius 1 is 1.08 bits per heavy atom. The second-order valence-electron chi connectivity index (χ2n) is 5.49. The lowest BCUT2D eigenvalue weighted by Gasteiger charge is -2.14. The third-order valence-corrected chi connectivity index (χ3v) is 4.69. The number of anilines is 1. The van der Waals surface area contributed by atoms with Gasteiger partial charge in [-0.25, -0.2) is 4.79 Å². The molecule has 136 valence electrons. The van der Waals surface area contributed by atoms with Crippen LogP contribution < -0.4 is 5.32 Å². The summed E-state index contributed by atoms with van der Waals surface area (Å²) in [6, 6.07) is 10.1. The van der Waals surface area contributed by atoms with Crippen LogP contribution in [0.15, 0.2) is 42.5 Å². The summed E-state index contributed by atoms with van der Waals surface area (Å²) in [4.78, 5) is 24.1. The van der Waals surface area contributed by atoms with E-state index < -0.39 is 18.0 Å². The van der Waals surface area contributed by atoms with E-state index in [2.05, 4.69) is 5.32 Å². The fourth-order valence-electron chi connectivity index (χ4n) is 2.02. The van der Waals surface area contributed by atoms with Gasteiger partial charge in [0, 0.05) is 16.8 Å². The molecular weight excluding hydrogens is 397 g/mol. The molecule has 2 aromatic rings. The molecule has 0 aliphatic rings. The maximum atomic E-state index is 12.2. The normalized spacial score (nSPS) is 12.0. The lowest BCUT2D eigenvalue weighted by molar-refractivity contribution is -0.148. The summed E-state index contributed by atoms with van der Waals surface area (Å²) in [5.74, 6) is -1.10. The summed E-state index contributed by atoms with van der Waals surface area (Å²) in [7, 11) is 0. The standard InChI is InChI=1S/C19H16Cl3NO3/c1-11-14(20)4-3-5-17(11)23-19(25)12(2)26-18(24)9-7-13-6-8-15(21)16(22)10-13/h3-10,12H,1-2H3,(H,23,25)/b9-7+. The van der Waals surface area contributed by atoms with Crippen LogP contribution in [0.2, 0.25) is 15.1 Å². The van der Waals surface area contributed by atoms with E-state index in [-0.39, 0.29) is 0 Å². The highest BCUT2D eigenvalue weighted by Gasteiger charge is 2.17. The van der Waals surface area contributed by atoms with Crippen LogP contribution in [0.5, 0.6) is 0 Å². The van der Waals surface area contributed by atoms with Gasteiger partial charge in [-0.3, -0.25) is 4.79 Å². The molecule has 2 rings (SSSR count). The maximum Gasteiger partial charge on any atom is 0.331 e. The van der Waals surface area contributed by atoms with Crippen molar-refractivity contribution in [2.24, 2.45) is 0 Å². The van der Waals surface area contributed by atoms with Crippen molar-refractivity contribution in [3.8, 4) is 0 Å². The molecule has 2 aromatic carbocycles. The van der Waals surface area contributed by atoms with Gasteiger partial charge in [-0.15, -0.1) is 0 Å². The monoisotopic (exact) mass is 411 g/mol. The van der Waals surface area contributed by atoms with Gasteiger partial charge >= 0.3 is 5.97 Å². The number of hydrogen-bond donors (Lipinski definition) is 1. The minimum Gasteiger partial charge on any atom is -0.449 e. The lowest BCUT2D eigenvalue weighted by atomic mass is 10.2. The Morgan fingerprint density at radius 3 is 2.50 bits per heavy atom. The molecule has 26 heavy (non-hydrogen) atoms. The van der Waals surface area contributed by atoms with E-state index in [9.17, 15) is 9.59 Å². The Hall–Kier alpha value is -2.01. The van der Waals surface area contributed by atoms with E-state index in [0.717, 1.165) is 5.56 Å². The molecule has 0 heterocycles. The fraction of sp³-hybridized carbons (Fsp3) is 0.158. The fourth-order valence-corrected chi connectivity index (χ4v) is 2.51. The van der Waals surface area contributed by atoms with Crippen LogP contribution in [-0.4, -0.2) is 18.0 Å². The van der Waals surface area contributed by atoms with Gasteiger partial charge in [0.15, 0.2) is 6.10 Å². The number of benzene rings is 2. The molecule has 4 nitrogen and oxygen atoms in total. The van der Waals surface area contributed by atoms with E-state index in [1.807, 2.05) is 0 Å². The van der Waals surface area contributed by atoms with Crippen molar-refractivity contribution >= 4 is 58.4 Å². The van der Waals surface area contributed by atoms with Crippen LogP contribution in [0.4, 0.5) is 5.69 Å². The molecule has 0 bridgehead atoms. The van der Waals surface area contributed by atoms with Crippen molar-refractivity contribution in [2.45, 2.75) is 20.0 Å². The molecule has 1 atom stereocenters. The molecule has 0 radical (unpaired) electrons. The highest BCUT2D eigenvalue weighted by atomic mass is 35.5. The van der Waals surface area contributed by atoms with Crippen LogP contribution in [0.25, 0.3) is 6.08 Å². The van der Waals surface area contributed by atoms with Gasteiger partial charge in [-0.1, -0.05) is 46.9 Å². The molecule has 1 amide bonds. The average Bonchev–Trinajstić information content (AvgIpc) is 2.60. The van der Waals surface area contributed by atoms with Gasteiger partial charge in [-0.05, 0) is 55.3 Å². The number of carbonyl (C=O) groups excluding carboxylic acids is 2. The first-order valence-corrected chi connectivity index (χ1v) is 8.81. The van der Waals surface area contributed by atoms with Gasteiger partial charge in [0.05, 0.1) is 10.0 Å². The quantitative estimate of drug-likeness (QED) is 0.518. The molecule has 1 unspecified atom stereocenters. The predicted octanol–water partition coefficient (Wildman–Crippen LogP) is 5.54. The Balaban J connectivity index is 1.95. The van der Waals surface area contributed by atoms with Gasteiger partial charge in [0.1, 0.15) is 0 Å². The summed E-state index contributed by atoms with van der Waals surface area (Å²) in [6.45, 7) is 3.27. The first kappa shape index (κ1) is 20.3. The van der Waals surface area contributed by atoms with E-state index in [1.165, 1.54) is 19.1 Å². The van der Waals surface area contributed by atoms with Crippen LogP contribution >= 0.6 is 34.8 Å². The second-order valence-corrected chi connectivity index (χ2v) is 6.71. The molecule has 0 aromatic heterocycles. The number of rotatable bonds is 5. The molecular formula is C19H16Cl3NO3. The first-order chi connectivity index (χ1) is 12.3. The Labute approximate surface area is 166 Å². The van der Waals surface area contributed by atoms with Crippen molar-refractivity contribution in [3.05, 3.63) is 68.7 Å². The molecule has 0 fully saturated rings. The van der Waals surface area contributed by atoms with Gasteiger partial charge in [0.2, 0.25) is 0 Å². The van der Waals surface area contributed by atoms with E-state index in [1.54, 1.807) is 43.3 Å². The van der Waals surface area contributed by atoms with E-state index in [0.29, 0.717) is 26.3 Å². The average molecular weight is 413 g/mol. The third kappa shape index (κ3) is 5.49. The minimum atomic E-state index is -0.973. The van der Waals surface area contributed by atoms with Gasteiger partial charge in [-0.2, -0.15) is 0 Å². The molecule has 1 N–H and O–H groups in total. The molecule has 0 spiro atoms. The van der Waals surface area contributed by atoms with Crippen molar-refractivity contribution in [1.82, 2.24) is 0 Å². The van der Waals surface area contributed by atoms with Crippen molar-refractivity contribution in [3.63, 3.8) is 0 Å². The Kier molecular flexibility index (Phi) is 7.09. The highest BCUT2D eigenvalue weighted by Crippen LogP contribution is 2.24. The maximum absolute atomic E-state index is 12.2. The number of ether oxygens (including phenoxy) is 1. The SMILES string of the molecule is Cc1c(Cl)cccc1NC(=O)C(C)OC(=O)/C=C/c1ccc(Cl)c(Cl)c1. The zero-order chi connectivity index (χ0) is 19.3. The number of hydrogen-bond acceptors (Lipinski definition) is 3. The number of esters is 1. The van der Waals surface area contributed by atoms with Crippen LogP contribution in [0.3, 0.4) is 0 Å². The third-order valence-electron chi connectivity index (χ3n) is 3.54. The number of carbonyl (C=O) groups is 2. The molecule has 0 aliphatic carbocycles. The van der Waals surface area contributed by atoms with Crippen LogP contribution in [-0.2, 0) is 14.3 Å². The Morgan fingerprint density at radius 2 is 1.81 bits per heavy atom. The highest BCUT2D eigenvalue weighted by molar-refractivity contribution is 6.42.